The Bertz CT molecular complexity index is 905. The second-order valence-corrected chi connectivity index (χ2v) is 8.68. The normalized spacial score (nSPS) is 26.7. The Balaban J connectivity index is 1.69. The van der Waals surface area contributed by atoms with Crippen LogP contribution >= 0.6 is 0 Å². The Hall–Kier alpha value is -2.11. The van der Waals surface area contributed by atoms with E-state index < -0.39 is 10.8 Å². The maximum atomic E-state index is 13.2. The molecule has 2 aromatic rings. The highest BCUT2D eigenvalue weighted by atomic mass is 32.2. The van der Waals surface area contributed by atoms with Gasteiger partial charge in [-0.3, -0.25) is 13.9 Å². The summed E-state index contributed by atoms with van der Waals surface area (Å²) in [5.41, 5.74) is 2.46. The van der Waals surface area contributed by atoms with Crippen molar-refractivity contribution in [1.29, 1.82) is 0 Å². The number of ketones is 1. The van der Waals surface area contributed by atoms with Gasteiger partial charge in [0.2, 0.25) is 0 Å². The molecule has 0 saturated carbocycles. The molecular weight excluding hydrogens is 349 g/mol. The largest absolute Gasteiger partial charge is 0.292 e. The van der Waals surface area contributed by atoms with Crippen LogP contribution in [0.4, 0.5) is 4.39 Å². The van der Waals surface area contributed by atoms with Crippen molar-refractivity contribution in [3.8, 4) is 0 Å². The molecule has 2 aliphatic rings. The van der Waals surface area contributed by atoms with E-state index in [9.17, 15) is 13.4 Å². The van der Waals surface area contributed by atoms with Gasteiger partial charge in [-0.15, -0.1) is 0 Å². The Labute approximate surface area is 155 Å². The van der Waals surface area contributed by atoms with Gasteiger partial charge in [-0.25, -0.2) is 4.39 Å². The van der Waals surface area contributed by atoms with E-state index in [0.29, 0.717) is 12.0 Å². The molecule has 2 aromatic carbocycles. The van der Waals surface area contributed by atoms with Gasteiger partial charge in [0.1, 0.15) is 5.82 Å². The molecule has 0 amide bonds. The number of aryl methyl sites for hydroxylation is 1. The van der Waals surface area contributed by atoms with Crippen molar-refractivity contribution in [1.82, 2.24) is 4.90 Å². The number of carbonyl (C=O) groups excluding carboxylic acids is 1. The summed E-state index contributed by atoms with van der Waals surface area (Å²) in [6.45, 7) is 2.00. The van der Waals surface area contributed by atoms with Crippen molar-refractivity contribution in [2.75, 3.05) is 7.05 Å². The molecule has 2 heterocycles. The zero-order valence-electron chi connectivity index (χ0n) is 14.7. The van der Waals surface area contributed by atoms with Crippen LogP contribution in [0.25, 0.3) is 5.57 Å². The van der Waals surface area contributed by atoms with Crippen LogP contribution in [0.15, 0.2) is 59.5 Å². The Morgan fingerprint density at radius 3 is 2.38 bits per heavy atom. The average molecular weight is 369 g/mol. The summed E-state index contributed by atoms with van der Waals surface area (Å²) in [5.74, 6) is -0.296. The summed E-state index contributed by atoms with van der Waals surface area (Å²) in [7, 11) is 0.727. The molecule has 26 heavy (non-hydrogen) atoms. The van der Waals surface area contributed by atoms with Crippen molar-refractivity contribution in [3.05, 3.63) is 71.6 Å². The van der Waals surface area contributed by atoms with Gasteiger partial charge in [0, 0.05) is 16.5 Å². The van der Waals surface area contributed by atoms with E-state index in [0.717, 1.165) is 16.0 Å². The number of Topliss-reactive ketones (excluding diaryl/α,β-unsaturated/α-hetero) is 1. The summed E-state index contributed by atoms with van der Waals surface area (Å²) in [6, 6.07) is 13.4. The molecule has 5 heteroatoms. The maximum absolute atomic E-state index is 13.2. The minimum absolute atomic E-state index is 0.0266. The van der Waals surface area contributed by atoms with E-state index in [1.165, 1.54) is 12.1 Å². The van der Waals surface area contributed by atoms with Gasteiger partial charge in [0.05, 0.1) is 22.1 Å². The first-order valence-corrected chi connectivity index (χ1v) is 9.88. The number of rotatable bonds is 3. The third kappa shape index (κ3) is 2.85. The number of halogens is 1. The Morgan fingerprint density at radius 1 is 1.08 bits per heavy atom. The van der Waals surface area contributed by atoms with Gasteiger partial charge in [-0.2, -0.15) is 0 Å². The van der Waals surface area contributed by atoms with Crippen LogP contribution < -0.4 is 0 Å². The van der Waals surface area contributed by atoms with Crippen LogP contribution in [0.2, 0.25) is 0 Å². The SMILES string of the molecule is Cc1ccc([S@](=O)[C@@H]2C[C@H]3C(=O)C(c4ccc(F)cc4)=C[C@@H]2N3C)cc1. The highest BCUT2D eigenvalue weighted by Crippen LogP contribution is 2.38. The molecule has 2 aliphatic heterocycles. The van der Waals surface area contributed by atoms with E-state index in [-0.39, 0.29) is 28.9 Å². The monoisotopic (exact) mass is 369 g/mol. The first-order chi connectivity index (χ1) is 12.5. The highest BCUT2D eigenvalue weighted by molar-refractivity contribution is 7.85. The van der Waals surface area contributed by atoms with E-state index >= 15 is 0 Å². The van der Waals surface area contributed by atoms with Crippen molar-refractivity contribution < 1.29 is 13.4 Å². The minimum Gasteiger partial charge on any atom is -0.292 e. The summed E-state index contributed by atoms with van der Waals surface area (Å²) in [5, 5.41) is -0.130. The van der Waals surface area contributed by atoms with E-state index in [1.807, 2.05) is 49.2 Å². The van der Waals surface area contributed by atoms with E-state index in [2.05, 4.69) is 0 Å². The zero-order chi connectivity index (χ0) is 18.4. The summed E-state index contributed by atoms with van der Waals surface area (Å²) in [4.78, 5) is 15.7. The third-order valence-corrected chi connectivity index (χ3v) is 7.15. The standard InChI is InChI=1S/C21H20FNO2S/c1-13-3-9-16(10-4-13)26(25)20-12-19-21(24)17(11-18(20)23(19)2)14-5-7-15(22)8-6-14/h3-11,18-20H,12H2,1-2H3/t18-,19-,20+,26-/m0/s1. The lowest BCUT2D eigenvalue weighted by Gasteiger charge is -2.30. The maximum Gasteiger partial charge on any atom is 0.180 e. The molecule has 0 N–H and O–H groups in total. The number of benzene rings is 2. The topological polar surface area (TPSA) is 37.4 Å². The number of likely N-dealkylation sites (N-methyl/N-ethyl adjacent to an activating group) is 1. The minimum atomic E-state index is -1.19. The van der Waals surface area contributed by atoms with Crippen molar-refractivity contribution in [2.24, 2.45) is 0 Å². The first kappa shape index (κ1) is 17.3. The van der Waals surface area contributed by atoms with Crippen LogP contribution in [-0.4, -0.2) is 39.3 Å². The average Bonchev–Trinajstić information content (AvgIpc) is 2.87. The fraction of sp³-hybridized carbons (Fsp3) is 0.286. The van der Waals surface area contributed by atoms with Crippen LogP contribution in [0.1, 0.15) is 17.5 Å². The third-order valence-electron chi connectivity index (χ3n) is 5.39. The number of hydrogen-bond donors (Lipinski definition) is 0. The fourth-order valence-corrected chi connectivity index (χ4v) is 5.51. The Morgan fingerprint density at radius 2 is 1.73 bits per heavy atom. The van der Waals surface area contributed by atoms with E-state index in [4.69, 9.17) is 0 Å². The molecule has 0 unspecified atom stereocenters. The number of fused-ring (bicyclic) bond motifs is 2. The van der Waals surface area contributed by atoms with E-state index in [1.54, 1.807) is 12.1 Å². The van der Waals surface area contributed by atoms with Gasteiger partial charge in [-0.1, -0.05) is 35.9 Å². The van der Waals surface area contributed by atoms with Crippen LogP contribution in [0.3, 0.4) is 0 Å². The highest BCUT2D eigenvalue weighted by Gasteiger charge is 2.48. The smallest absolute Gasteiger partial charge is 0.180 e. The summed E-state index contributed by atoms with van der Waals surface area (Å²) < 4.78 is 26.3. The molecule has 4 atom stereocenters. The van der Waals surface area contributed by atoms with Gasteiger partial charge >= 0.3 is 0 Å². The second-order valence-electron chi connectivity index (χ2n) is 7.01. The molecule has 134 valence electrons. The number of hydrogen-bond acceptors (Lipinski definition) is 3. The van der Waals surface area contributed by atoms with Crippen molar-refractivity contribution >= 4 is 22.2 Å². The van der Waals surface area contributed by atoms with Crippen LogP contribution in [-0.2, 0) is 15.6 Å². The fourth-order valence-electron chi connectivity index (χ4n) is 3.87. The molecule has 3 nitrogen and oxygen atoms in total. The predicted octanol–water partition coefficient (Wildman–Crippen LogP) is 3.35. The molecule has 1 fully saturated rings. The Kier molecular flexibility index (Phi) is 4.37. The molecule has 1 saturated heterocycles. The second kappa shape index (κ2) is 6.56. The summed E-state index contributed by atoms with van der Waals surface area (Å²) in [6.07, 6.45) is 2.48. The number of carbonyl (C=O) groups is 1. The molecule has 4 rings (SSSR count). The van der Waals surface area contributed by atoms with Crippen LogP contribution in [0, 0.1) is 12.7 Å². The predicted molar refractivity (Wildman–Crippen MR) is 101 cm³/mol. The first-order valence-electron chi connectivity index (χ1n) is 8.67. The van der Waals surface area contributed by atoms with Gasteiger partial charge < -0.3 is 0 Å². The van der Waals surface area contributed by atoms with Gasteiger partial charge in [0.25, 0.3) is 0 Å². The lowest BCUT2D eigenvalue weighted by Crippen LogP contribution is -2.42. The van der Waals surface area contributed by atoms with Crippen molar-refractivity contribution in [2.45, 2.75) is 35.6 Å². The molecule has 0 spiro atoms. The van der Waals surface area contributed by atoms with Gasteiger partial charge in [0.15, 0.2) is 5.78 Å². The quantitative estimate of drug-likeness (QED) is 0.833. The van der Waals surface area contributed by atoms with Crippen molar-refractivity contribution in [3.63, 3.8) is 0 Å². The molecule has 0 aromatic heterocycles. The zero-order valence-corrected chi connectivity index (χ0v) is 15.5. The summed E-state index contributed by atoms with van der Waals surface area (Å²) >= 11 is 0. The molecule has 2 bridgehead atoms. The van der Waals surface area contributed by atoms with Crippen LogP contribution in [0.5, 0.6) is 0 Å². The molecule has 0 aliphatic carbocycles. The lowest BCUT2D eigenvalue weighted by atomic mass is 9.94. The number of nitrogens with zero attached hydrogens (tertiary/aromatic N) is 1. The molecule has 0 radical (unpaired) electrons. The molecular formula is C21H20FNO2S. The lowest BCUT2D eigenvalue weighted by molar-refractivity contribution is -0.118. The van der Waals surface area contributed by atoms with Gasteiger partial charge in [-0.05, 0) is 50.2 Å².